The quantitative estimate of drug-likeness (QED) is 0.684. The fourth-order valence-electron chi connectivity index (χ4n) is 2.63. The summed E-state index contributed by atoms with van der Waals surface area (Å²) in [5.74, 6) is 0.659. The molecule has 2 N–H and O–H groups in total. The van der Waals surface area contributed by atoms with Gasteiger partial charge >= 0.3 is 0 Å². The Balaban J connectivity index is 0.00000220. The van der Waals surface area contributed by atoms with Gasteiger partial charge in [-0.2, -0.15) is 0 Å². The lowest BCUT2D eigenvalue weighted by atomic mass is 10.1. The summed E-state index contributed by atoms with van der Waals surface area (Å²) in [5.41, 5.74) is 0. The molecule has 1 aliphatic heterocycles. The van der Waals surface area contributed by atoms with E-state index in [1.54, 1.807) is 4.90 Å². The van der Waals surface area contributed by atoms with E-state index in [0.29, 0.717) is 19.0 Å². The van der Waals surface area contributed by atoms with Gasteiger partial charge in [-0.05, 0) is 25.7 Å². The van der Waals surface area contributed by atoms with Crippen LogP contribution < -0.4 is 5.32 Å². The Kier molecular flexibility index (Phi) is 7.42. The molecule has 0 spiro atoms. The van der Waals surface area contributed by atoms with E-state index in [1.807, 2.05) is 11.8 Å². The summed E-state index contributed by atoms with van der Waals surface area (Å²) in [6, 6.07) is -0.400. The predicted octanol–water partition coefficient (Wildman–Crippen LogP) is -0.150. The number of aliphatic hydroxyl groups excluding tert-OH is 1. The van der Waals surface area contributed by atoms with Crippen molar-refractivity contribution in [3.63, 3.8) is 0 Å². The second kappa shape index (κ2) is 8.56. The minimum atomic E-state index is -0.400. The standard InChI is InChI=1S/C14H25N3O3.ClH/c1-2-16(7-8-18)13(19)9-12-14(20)17(6-5-15-12)10-11-3-4-11;/h11-12,15,18H,2-10H2,1H3;1H. The summed E-state index contributed by atoms with van der Waals surface area (Å²) >= 11 is 0. The molecule has 2 amide bonds. The molecular formula is C14H26ClN3O3. The van der Waals surface area contributed by atoms with E-state index in [-0.39, 0.29) is 37.2 Å². The number of nitrogens with one attached hydrogen (secondary N) is 1. The van der Waals surface area contributed by atoms with E-state index < -0.39 is 6.04 Å². The van der Waals surface area contributed by atoms with Crippen LogP contribution in [0.2, 0.25) is 0 Å². The highest BCUT2D eigenvalue weighted by atomic mass is 35.5. The first-order valence-corrected chi connectivity index (χ1v) is 7.56. The number of piperazine rings is 1. The number of hydrogen-bond acceptors (Lipinski definition) is 4. The smallest absolute Gasteiger partial charge is 0.240 e. The van der Waals surface area contributed by atoms with Crippen molar-refractivity contribution in [2.45, 2.75) is 32.2 Å². The van der Waals surface area contributed by atoms with Crippen molar-refractivity contribution in [2.24, 2.45) is 5.92 Å². The molecule has 0 aromatic rings. The highest BCUT2D eigenvalue weighted by Gasteiger charge is 2.34. The summed E-state index contributed by atoms with van der Waals surface area (Å²) in [7, 11) is 0. The second-order valence-corrected chi connectivity index (χ2v) is 5.64. The zero-order valence-corrected chi connectivity index (χ0v) is 13.4. The first-order chi connectivity index (χ1) is 9.65. The molecule has 2 fully saturated rings. The minimum Gasteiger partial charge on any atom is -0.395 e. The van der Waals surface area contributed by atoms with E-state index in [1.165, 1.54) is 12.8 Å². The number of halogens is 1. The molecule has 122 valence electrons. The number of rotatable bonds is 7. The lowest BCUT2D eigenvalue weighted by molar-refractivity contribution is -0.141. The molecule has 0 aromatic heterocycles. The van der Waals surface area contributed by atoms with Gasteiger partial charge < -0.3 is 20.2 Å². The van der Waals surface area contributed by atoms with E-state index in [4.69, 9.17) is 5.11 Å². The van der Waals surface area contributed by atoms with Crippen LogP contribution in [0.1, 0.15) is 26.2 Å². The Labute approximate surface area is 132 Å². The molecular weight excluding hydrogens is 294 g/mol. The first kappa shape index (κ1) is 18.2. The number of carbonyl (C=O) groups is 2. The molecule has 0 radical (unpaired) electrons. The van der Waals surface area contributed by atoms with Gasteiger partial charge in [0.25, 0.3) is 0 Å². The largest absolute Gasteiger partial charge is 0.395 e. The summed E-state index contributed by atoms with van der Waals surface area (Å²) < 4.78 is 0. The molecule has 6 nitrogen and oxygen atoms in total. The van der Waals surface area contributed by atoms with Gasteiger partial charge in [0.15, 0.2) is 0 Å². The SMILES string of the molecule is CCN(CCO)C(=O)CC1NCCN(CC2CC2)C1=O.Cl. The fraction of sp³-hybridized carbons (Fsp3) is 0.857. The molecule has 1 saturated heterocycles. The highest BCUT2D eigenvalue weighted by Crippen LogP contribution is 2.30. The van der Waals surface area contributed by atoms with E-state index >= 15 is 0 Å². The molecule has 2 aliphatic rings. The van der Waals surface area contributed by atoms with Crippen LogP contribution in [0.25, 0.3) is 0 Å². The maximum absolute atomic E-state index is 12.3. The monoisotopic (exact) mass is 319 g/mol. The van der Waals surface area contributed by atoms with Crippen LogP contribution in [0.3, 0.4) is 0 Å². The van der Waals surface area contributed by atoms with Gasteiger partial charge in [0.2, 0.25) is 11.8 Å². The van der Waals surface area contributed by atoms with Gasteiger partial charge in [-0.15, -0.1) is 12.4 Å². The second-order valence-electron chi connectivity index (χ2n) is 5.64. The van der Waals surface area contributed by atoms with Gasteiger partial charge in [0.1, 0.15) is 0 Å². The topological polar surface area (TPSA) is 72.9 Å². The van der Waals surface area contributed by atoms with Crippen LogP contribution in [0.15, 0.2) is 0 Å². The summed E-state index contributed by atoms with van der Waals surface area (Å²) in [4.78, 5) is 27.9. The van der Waals surface area contributed by atoms with E-state index in [0.717, 1.165) is 19.6 Å². The average molecular weight is 320 g/mol. The number of nitrogens with zero attached hydrogens (tertiary/aromatic N) is 2. The third-order valence-corrected chi connectivity index (χ3v) is 4.04. The Hall–Kier alpha value is -0.850. The number of likely N-dealkylation sites (N-methyl/N-ethyl adjacent to an activating group) is 1. The van der Waals surface area contributed by atoms with Crippen molar-refractivity contribution in [3.05, 3.63) is 0 Å². The van der Waals surface area contributed by atoms with Crippen LogP contribution in [0.4, 0.5) is 0 Å². The highest BCUT2D eigenvalue weighted by molar-refractivity contribution is 5.89. The normalized spacial score (nSPS) is 21.9. The maximum Gasteiger partial charge on any atom is 0.240 e. The van der Waals surface area contributed by atoms with Crippen LogP contribution >= 0.6 is 12.4 Å². The molecule has 0 aromatic carbocycles. The number of carbonyl (C=O) groups excluding carboxylic acids is 2. The van der Waals surface area contributed by atoms with Crippen LogP contribution in [0.5, 0.6) is 0 Å². The molecule has 1 saturated carbocycles. The molecule has 1 heterocycles. The Morgan fingerprint density at radius 1 is 1.48 bits per heavy atom. The molecule has 7 heteroatoms. The lowest BCUT2D eigenvalue weighted by Gasteiger charge is -2.34. The number of amides is 2. The summed E-state index contributed by atoms with van der Waals surface area (Å²) in [6.07, 6.45) is 2.63. The van der Waals surface area contributed by atoms with E-state index in [9.17, 15) is 9.59 Å². The van der Waals surface area contributed by atoms with Crippen LogP contribution in [-0.4, -0.2) is 72.1 Å². The minimum absolute atomic E-state index is 0. The molecule has 21 heavy (non-hydrogen) atoms. The van der Waals surface area contributed by atoms with Crippen molar-refractivity contribution >= 4 is 24.2 Å². The first-order valence-electron chi connectivity index (χ1n) is 7.56. The van der Waals surface area contributed by atoms with Crippen molar-refractivity contribution in [1.29, 1.82) is 0 Å². The average Bonchev–Trinajstić information content (AvgIpc) is 3.24. The van der Waals surface area contributed by atoms with Gasteiger partial charge in [0.05, 0.1) is 19.1 Å². The van der Waals surface area contributed by atoms with Gasteiger partial charge in [-0.25, -0.2) is 0 Å². The molecule has 1 aliphatic carbocycles. The van der Waals surface area contributed by atoms with Crippen molar-refractivity contribution in [2.75, 3.05) is 39.3 Å². The Bertz CT molecular complexity index is 363. The van der Waals surface area contributed by atoms with Gasteiger partial charge in [-0.3, -0.25) is 9.59 Å². The zero-order chi connectivity index (χ0) is 14.5. The molecule has 1 atom stereocenters. The van der Waals surface area contributed by atoms with Crippen molar-refractivity contribution in [1.82, 2.24) is 15.1 Å². The lowest BCUT2D eigenvalue weighted by Crippen LogP contribution is -2.56. The van der Waals surface area contributed by atoms with E-state index in [2.05, 4.69) is 5.32 Å². The summed E-state index contributed by atoms with van der Waals surface area (Å²) in [6.45, 7) is 5.08. The third kappa shape index (κ3) is 5.13. The molecule has 0 bridgehead atoms. The Morgan fingerprint density at radius 2 is 2.19 bits per heavy atom. The number of hydrogen-bond donors (Lipinski definition) is 2. The maximum atomic E-state index is 12.3. The Morgan fingerprint density at radius 3 is 2.76 bits per heavy atom. The van der Waals surface area contributed by atoms with Crippen LogP contribution in [0, 0.1) is 5.92 Å². The van der Waals surface area contributed by atoms with Crippen molar-refractivity contribution in [3.8, 4) is 0 Å². The molecule has 1 unspecified atom stereocenters. The predicted molar refractivity (Wildman–Crippen MR) is 82.3 cm³/mol. The van der Waals surface area contributed by atoms with Gasteiger partial charge in [-0.1, -0.05) is 0 Å². The third-order valence-electron chi connectivity index (χ3n) is 4.04. The summed E-state index contributed by atoms with van der Waals surface area (Å²) in [5, 5.41) is 12.1. The van der Waals surface area contributed by atoms with Crippen molar-refractivity contribution < 1.29 is 14.7 Å². The molecule has 2 rings (SSSR count). The van der Waals surface area contributed by atoms with Gasteiger partial charge in [0, 0.05) is 32.7 Å². The number of aliphatic hydroxyl groups is 1. The zero-order valence-electron chi connectivity index (χ0n) is 12.6. The fourth-order valence-corrected chi connectivity index (χ4v) is 2.63. The van der Waals surface area contributed by atoms with Crippen LogP contribution in [-0.2, 0) is 9.59 Å².